The van der Waals surface area contributed by atoms with Crippen LogP contribution in [-0.2, 0) is 10.2 Å². The lowest BCUT2D eigenvalue weighted by atomic mass is 10.1. The lowest BCUT2D eigenvalue weighted by Crippen LogP contribution is -2.25. The van der Waals surface area contributed by atoms with Crippen LogP contribution < -0.4 is 0 Å². The van der Waals surface area contributed by atoms with E-state index >= 15 is 0 Å². The summed E-state index contributed by atoms with van der Waals surface area (Å²) >= 11 is 9.41. The van der Waals surface area contributed by atoms with Crippen molar-refractivity contribution in [3.05, 3.63) is 53.0 Å². The summed E-state index contributed by atoms with van der Waals surface area (Å²) in [5, 5.41) is 0. The van der Waals surface area contributed by atoms with Crippen LogP contribution in [0.2, 0.25) is 0 Å². The van der Waals surface area contributed by atoms with E-state index in [4.69, 9.17) is 0 Å². The van der Waals surface area contributed by atoms with E-state index in [1.165, 1.54) is 18.4 Å². The fourth-order valence-electron chi connectivity index (χ4n) is 1.95. The van der Waals surface area contributed by atoms with Crippen LogP contribution in [0.5, 0.6) is 0 Å². The molecule has 1 aromatic carbocycles. The number of hydrogen-bond donors (Lipinski definition) is 0. The molecule has 2 aromatic rings. The molecule has 0 saturated carbocycles. The highest BCUT2D eigenvalue weighted by Crippen LogP contribution is 2.41. The van der Waals surface area contributed by atoms with Crippen LogP contribution >= 0.6 is 43.6 Å². The van der Waals surface area contributed by atoms with Gasteiger partial charge in [0, 0.05) is 23.3 Å². The van der Waals surface area contributed by atoms with Gasteiger partial charge in [0.25, 0.3) is 0 Å². The first kappa shape index (κ1) is 16.1. The molecule has 0 aliphatic carbocycles. The van der Waals surface area contributed by atoms with E-state index < -0.39 is 0 Å². The van der Waals surface area contributed by atoms with Crippen LogP contribution in [0.3, 0.4) is 0 Å². The van der Waals surface area contributed by atoms with Crippen molar-refractivity contribution in [1.82, 2.24) is 9.55 Å². The van der Waals surface area contributed by atoms with E-state index in [2.05, 4.69) is 72.6 Å². The van der Waals surface area contributed by atoms with Crippen LogP contribution in [0.1, 0.15) is 25.3 Å². The quantitative estimate of drug-likeness (QED) is 0.441. The second kappa shape index (κ2) is 7.66. The number of alkyl halides is 1. The van der Waals surface area contributed by atoms with Gasteiger partial charge in [-0.3, -0.25) is 0 Å². The second-order valence-electron chi connectivity index (χ2n) is 4.67. The molecule has 0 amide bonds. The van der Waals surface area contributed by atoms with Crippen molar-refractivity contribution < 1.29 is 0 Å². The van der Waals surface area contributed by atoms with Crippen molar-refractivity contribution in [3.8, 4) is 0 Å². The van der Waals surface area contributed by atoms with Gasteiger partial charge in [-0.15, -0.1) is 11.8 Å². The van der Waals surface area contributed by atoms with E-state index in [1.54, 1.807) is 0 Å². The molecule has 108 valence electrons. The maximum absolute atomic E-state index is 4.19. The first-order valence-corrected chi connectivity index (χ1v) is 9.27. The minimum Gasteiger partial charge on any atom is -0.312 e. The van der Waals surface area contributed by atoms with Crippen molar-refractivity contribution in [2.45, 2.75) is 30.0 Å². The van der Waals surface area contributed by atoms with Gasteiger partial charge in [0.15, 0.2) is 3.78 Å². The molecule has 0 bridgehead atoms. The van der Waals surface area contributed by atoms with E-state index in [1.807, 2.05) is 30.5 Å². The Bertz CT molecular complexity index is 530. The zero-order chi connectivity index (χ0) is 14.4. The summed E-state index contributed by atoms with van der Waals surface area (Å²) in [5.41, 5.74) is 1.30. The summed E-state index contributed by atoms with van der Waals surface area (Å²) in [6.45, 7) is 2.22. The molecular formula is C15H18Br2N2S. The standard InChI is InChI=1S/C15H18Br2N2S/c1-2-3-9-20-15(17,19-8-7-18-12-19)11-13-5-4-6-14(16)10-13/h4-8,10,12H,2-3,9,11H2,1H3. The van der Waals surface area contributed by atoms with E-state index in [-0.39, 0.29) is 3.78 Å². The third kappa shape index (κ3) is 4.37. The maximum atomic E-state index is 4.19. The lowest BCUT2D eigenvalue weighted by Gasteiger charge is -2.29. The Balaban J connectivity index is 2.18. The first-order valence-electron chi connectivity index (χ1n) is 6.70. The maximum Gasteiger partial charge on any atom is 0.151 e. The molecule has 5 heteroatoms. The van der Waals surface area contributed by atoms with E-state index in [9.17, 15) is 0 Å². The number of hydrogen-bond acceptors (Lipinski definition) is 2. The molecule has 1 heterocycles. The third-order valence-corrected chi connectivity index (χ3v) is 6.18. The van der Waals surface area contributed by atoms with Crippen LogP contribution in [-0.4, -0.2) is 15.3 Å². The van der Waals surface area contributed by atoms with Crippen molar-refractivity contribution in [2.75, 3.05) is 5.75 Å². The Morgan fingerprint density at radius 1 is 1.40 bits per heavy atom. The molecule has 0 radical (unpaired) electrons. The smallest absolute Gasteiger partial charge is 0.151 e. The summed E-state index contributed by atoms with van der Waals surface area (Å²) in [4.78, 5) is 4.19. The molecule has 0 N–H and O–H groups in total. The SMILES string of the molecule is CCCCSC(Br)(Cc1cccc(Br)c1)n1ccnc1. The van der Waals surface area contributed by atoms with Gasteiger partial charge in [0.2, 0.25) is 0 Å². The summed E-state index contributed by atoms with van der Waals surface area (Å²) in [6.07, 6.45) is 9.09. The number of thioether (sulfide) groups is 1. The summed E-state index contributed by atoms with van der Waals surface area (Å²) in [6, 6.07) is 8.48. The summed E-state index contributed by atoms with van der Waals surface area (Å²) in [7, 11) is 0. The molecule has 0 aliphatic rings. The van der Waals surface area contributed by atoms with Gasteiger partial charge in [0.05, 0.1) is 6.33 Å². The minimum absolute atomic E-state index is 0.167. The van der Waals surface area contributed by atoms with Crippen LogP contribution in [0.15, 0.2) is 47.5 Å². The highest BCUT2D eigenvalue weighted by atomic mass is 79.9. The average Bonchev–Trinajstić information content (AvgIpc) is 2.93. The van der Waals surface area contributed by atoms with Crippen LogP contribution in [0.25, 0.3) is 0 Å². The van der Waals surface area contributed by atoms with Crippen molar-refractivity contribution in [3.63, 3.8) is 0 Å². The first-order chi connectivity index (χ1) is 9.64. The zero-order valence-electron chi connectivity index (χ0n) is 11.4. The number of halogens is 2. The number of benzene rings is 1. The van der Waals surface area contributed by atoms with E-state index in [0.29, 0.717) is 0 Å². The lowest BCUT2D eigenvalue weighted by molar-refractivity contribution is 0.629. The fraction of sp³-hybridized carbons (Fsp3) is 0.400. The molecule has 2 rings (SSSR count). The molecule has 20 heavy (non-hydrogen) atoms. The van der Waals surface area contributed by atoms with Gasteiger partial charge < -0.3 is 4.57 Å². The van der Waals surface area contributed by atoms with Gasteiger partial charge in [-0.05, 0) is 45.8 Å². The Morgan fingerprint density at radius 2 is 2.25 bits per heavy atom. The fourth-order valence-corrected chi connectivity index (χ4v) is 4.68. The monoisotopic (exact) mass is 416 g/mol. The predicted molar refractivity (Wildman–Crippen MR) is 94.3 cm³/mol. The molecule has 0 aliphatic heterocycles. The summed E-state index contributed by atoms with van der Waals surface area (Å²) < 4.78 is 3.10. The topological polar surface area (TPSA) is 17.8 Å². The number of imidazole rings is 1. The molecule has 1 aromatic heterocycles. The molecule has 0 saturated heterocycles. The Morgan fingerprint density at radius 3 is 2.90 bits per heavy atom. The average molecular weight is 418 g/mol. The minimum atomic E-state index is -0.167. The van der Waals surface area contributed by atoms with Gasteiger partial charge in [-0.2, -0.15) is 0 Å². The van der Waals surface area contributed by atoms with E-state index in [0.717, 1.165) is 16.6 Å². The second-order valence-corrected chi connectivity index (χ2v) is 8.79. The predicted octanol–water partition coefficient (Wildman–Crippen LogP) is 5.43. The number of rotatable bonds is 7. The van der Waals surface area contributed by atoms with Gasteiger partial charge in [0.1, 0.15) is 0 Å². The van der Waals surface area contributed by atoms with Crippen molar-refractivity contribution in [2.24, 2.45) is 0 Å². The van der Waals surface area contributed by atoms with Crippen molar-refractivity contribution >= 4 is 43.6 Å². The van der Waals surface area contributed by atoms with Gasteiger partial charge in [-0.25, -0.2) is 4.98 Å². The normalized spacial score (nSPS) is 14.2. The highest BCUT2D eigenvalue weighted by molar-refractivity contribution is 9.11. The molecule has 0 spiro atoms. The van der Waals surface area contributed by atoms with Crippen molar-refractivity contribution in [1.29, 1.82) is 0 Å². The third-order valence-electron chi connectivity index (χ3n) is 3.02. The zero-order valence-corrected chi connectivity index (χ0v) is 15.4. The largest absolute Gasteiger partial charge is 0.312 e. The Kier molecular flexibility index (Phi) is 6.18. The summed E-state index contributed by atoms with van der Waals surface area (Å²) in [5.74, 6) is 1.13. The highest BCUT2D eigenvalue weighted by Gasteiger charge is 2.29. The van der Waals surface area contributed by atoms with Crippen LogP contribution in [0.4, 0.5) is 0 Å². The molecule has 1 atom stereocenters. The molecular weight excluding hydrogens is 400 g/mol. The number of aromatic nitrogens is 2. The molecule has 0 fully saturated rings. The van der Waals surface area contributed by atoms with Crippen LogP contribution in [0, 0.1) is 0 Å². The molecule has 2 nitrogen and oxygen atoms in total. The number of unbranched alkanes of at least 4 members (excludes halogenated alkanes) is 1. The molecule has 1 unspecified atom stereocenters. The Hall–Kier alpha value is -0.260. The van der Waals surface area contributed by atoms with Gasteiger partial charge in [-0.1, -0.05) is 41.4 Å². The number of nitrogens with zero attached hydrogens (tertiary/aromatic N) is 2. The van der Waals surface area contributed by atoms with Gasteiger partial charge >= 0.3 is 0 Å². The Labute approximate surface area is 141 Å².